The summed E-state index contributed by atoms with van der Waals surface area (Å²) in [5.41, 5.74) is 1.37. The van der Waals surface area contributed by atoms with Crippen LogP contribution in [0.3, 0.4) is 0 Å². The van der Waals surface area contributed by atoms with Crippen molar-refractivity contribution in [2.75, 3.05) is 0 Å². The number of aromatic nitrogens is 1. The van der Waals surface area contributed by atoms with Gasteiger partial charge in [0.15, 0.2) is 0 Å². The van der Waals surface area contributed by atoms with Gasteiger partial charge in [0.05, 0.1) is 5.56 Å². The first kappa shape index (κ1) is 12.9. The van der Waals surface area contributed by atoms with Gasteiger partial charge in [-0.15, -0.1) is 0 Å². The highest BCUT2D eigenvalue weighted by atomic mass is 79.9. The molecule has 1 aromatic carbocycles. The molecular formula is C13H8BrClN2O. The van der Waals surface area contributed by atoms with Crippen LogP contribution in [0.15, 0.2) is 41.1 Å². The maximum Gasteiger partial charge on any atom is 0.139 e. The maximum absolute atomic E-state index is 8.96. The molecule has 2 aromatic rings. The van der Waals surface area contributed by atoms with Crippen molar-refractivity contribution in [3.63, 3.8) is 0 Å². The number of hydrogen-bond donors (Lipinski definition) is 0. The Morgan fingerprint density at radius 3 is 2.89 bits per heavy atom. The zero-order chi connectivity index (χ0) is 13.0. The van der Waals surface area contributed by atoms with Gasteiger partial charge in [-0.2, -0.15) is 5.26 Å². The lowest BCUT2D eigenvalue weighted by molar-refractivity contribution is 0.305. The van der Waals surface area contributed by atoms with E-state index in [0.29, 0.717) is 22.9 Å². The number of nitrogens with zero attached hydrogens (tertiary/aromatic N) is 2. The Morgan fingerprint density at radius 2 is 2.17 bits per heavy atom. The summed E-state index contributed by atoms with van der Waals surface area (Å²) in [5.74, 6) is 0.477. The molecule has 3 nitrogen and oxygen atoms in total. The number of benzene rings is 1. The molecule has 0 bridgehead atoms. The number of halogens is 2. The fourth-order valence-electron chi connectivity index (χ4n) is 1.40. The molecule has 0 aliphatic heterocycles. The summed E-state index contributed by atoms with van der Waals surface area (Å²) in [5, 5.41) is 9.50. The fraction of sp³-hybridized carbons (Fsp3) is 0.0769. The quantitative estimate of drug-likeness (QED) is 0.859. The van der Waals surface area contributed by atoms with Gasteiger partial charge in [0, 0.05) is 33.5 Å². The molecule has 0 atom stereocenters. The first-order valence-electron chi connectivity index (χ1n) is 5.11. The van der Waals surface area contributed by atoms with E-state index in [9.17, 15) is 0 Å². The zero-order valence-corrected chi connectivity index (χ0v) is 11.6. The number of pyridine rings is 1. The second-order valence-electron chi connectivity index (χ2n) is 3.55. The molecule has 2 rings (SSSR count). The number of ether oxygens (including phenoxy) is 1. The van der Waals surface area contributed by atoms with Crippen LogP contribution in [-0.4, -0.2) is 4.98 Å². The molecule has 0 saturated carbocycles. The summed E-state index contributed by atoms with van der Waals surface area (Å²) in [4.78, 5) is 4.04. The lowest BCUT2D eigenvalue weighted by atomic mass is 10.2. The van der Waals surface area contributed by atoms with E-state index < -0.39 is 0 Å². The van der Waals surface area contributed by atoms with Crippen LogP contribution in [0.2, 0.25) is 5.02 Å². The van der Waals surface area contributed by atoms with Gasteiger partial charge in [0.25, 0.3) is 0 Å². The summed E-state index contributed by atoms with van der Waals surface area (Å²) >= 11 is 9.21. The van der Waals surface area contributed by atoms with Crippen LogP contribution in [-0.2, 0) is 6.61 Å². The van der Waals surface area contributed by atoms with Gasteiger partial charge in [-0.25, -0.2) is 0 Å². The topological polar surface area (TPSA) is 45.9 Å². The molecule has 90 valence electrons. The normalized spacial score (nSPS) is 9.83. The fourth-order valence-corrected chi connectivity index (χ4v) is 1.98. The van der Waals surface area contributed by atoms with Gasteiger partial charge >= 0.3 is 0 Å². The lowest BCUT2D eigenvalue weighted by Gasteiger charge is -2.08. The van der Waals surface area contributed by atoms with Crippen molar-refractivity contribution in [1.29, 1.82) is 5.26 Å². The predicted octanol–water partition coefficient (Wildman–Crippen LogP) is 3.95. The molecule has 1 heterocycles. The minimum absolute atomic E-state index is 0.335. The SMILES string of the molecule is N#Cc1ccc(Cl)cc1OCc1cncc(Br)c1. The van der Waals surface area contributed by atoms with Crippen LogP contribution in [0.25, 0.3) is 0 Å². The Labute approximate surface area is 118 Å². The number of nitriles is 1. The van der Waals surface area contributed by atoms with E-state index in [1.807, 2.05) is 6.07 Å². The predicted molar refractivity (Wildman–Crippen MR) is 72.4 cm³/mol. The highest BCUT2D eigenvalue weighted by Gasteiger charge is 2.05. The maximum atomic E-state index is 8.96. The van der Waals surface area contributed by atoms with Crippen molar-refractivity contribution in [2.24, 2.45) is 0 Å². The average Bonchev–Trinajstić information content (AvgIpc) is 2.37. The molecule has 0 aliphatic carbocycles. The lowest BCUT2D eigenvalue weighted by Crippen LogP contribution is -1.98. The van der Waals surface area contributed by atoms with E-state index in [1.165, 1.54) is 0 Å². The monoisotopic (exact) mass is 322 g/mol. The average molecular weight is 324 g/mol. The van der Waals surface area contributed by atoms with Crippen molar-refractivity contribution in [3.8, 4) is 11.8 Å². The summed E-state index contributed by atoms with van der Waals surface area (Å²) < 4.78 is 6.47. The van der Waals surface area contributed by atoms with Crippen LogP contribution in [0, 0.1) is 11.3 Å². The summed E-state index contributed by atoms with van der Waals surface area (Å²) in [7, 11) is 0. The molecule has 0 fully saturated rings. The van der Waals surface area contributed by atoms with Crippen LogP contribution < -0.4 is 4.74 Å². The molecule has 0 radical (unpaired) electrons. The van der Waals surface area contributed by atoms with Crippen molar-refractivity contribution < 1.29 is 4.74 Å². The van der Waals surface area contributed by atoms with Gasteiger partial charge < -0.3 is 4.74 Å². The zero-order valence-electron chi connectivity index (χ0n) is 9.23. The van der Waals surface area contributed by atoms with Gasteiger partial charge in [-0.05, 0) is 34.1 Å². The first-order valence-corrected chi connectivity index (χ1v) is 6.28. The van der Waals surface area contributed by atoms with Crippen LogP contribution in [0.4, 0.5) is 0 Å². The Kier molecular flexibility index (Phi) is 4.19. The van der Waals surface area contributed by atoms with Gasteiger partial charge in [0.2, 0.25) is 0 Å². The standard InChI is InChI=1S/C13H8BrClN2O/c14-11-3-9(6-17-7-11)8-18-13-4-12(15)2-1-10(13)5-16/h1-4,6-7H,8H2. The van der Waals surface area contributed by atoms with E-state index in [0.717, 1.165) is 10.0 Å². The summed E-state index contributed by atoms with van der Waals surface area (Å²) in [6, 6.07) is 8.89. The van der Waals surface area contributed by atoms with E-state index in [4.69, 9.17) is 21.6 Å². The van der Waals surface area contributed by atoms with Crippen LogP contribution in [0.5, 0.6) is 5.75 Å². The Bertz CT molecular complexity index is 610. The van der Waals surface area contributed by atoms with Gasteiger partial charge in [0.1, 0.15) is 18.4 Å². The van der Waals surface area contributed by atoms with Gasteiger partial charge in [-0.3, -0.25) is 4.98 Å². The second-order valence-corrected chi connectivity index (χ2v) is 4.90. The third-order valence-electron chi connectivity index (χ3n) is 2.22. The van der Waals surface area contributed by atoms with E-state index >= 15 is 0 Å². The Hall–Kier alpha value is -1.57. The van der Waals surface area contributed by atoms with E-state index in [2.05, 4.69) is 27.0 Å². The van der Waals surface area contributed by atoms with Crippen molar-refractivity contribution in [2.45, 2.75) is 6.61 Å². The first-order chi connectivity index (χ1) is 8.69. The summed E-state index contributed by atoms with van der Waals surface area (Å²) in [6.45, 7) is 0.335. The van der Waals surface area contributed by atoms with Crippen LogP contribution >= 0.6 is 27.5 Å². The largest absolute Gasteiger partial charge is 0.487 e. The minimum Gasteiger partial charge on any atom is -0.487 e. The number of rotatable bonds is 3. The minimum atomic E-state index is 0.335. The van der Waals surface area contributed by atoms with Gasteiger partial charge in [-0.1, -0.05) is 11.6 Å². The molecule has 18 heavy (non-hydrogen) atoms. The van der Waals surface area contributed by atoms with E-state index in [1.54, 1.807) is 30.6 Å². The van der Waals surface area contributed by atoms with Crippen LogP contribution in [0.1, 0.15) is 11.1 Å². The Balaban J connectivity index is 2.15. The smallest absolute Gasteiger partial charge is 0.139 e. The second kappa shape index (κ2) is 5.85. The third kappa shape index (κ3) is 3.22. The molecule has 0 N–H and O–H groups in total. The summed E-state index contributed by atoms with van der Waals surface area (Å²) in [6.07, 6.45) is 3.41. The molecular weight excluding hydrogens is 316 g/mol. The van der Waals surface area contributed by atoms with Crippen molar-refractivity contribution in [3.05, 3.63) is 57.3 Å². The third-order valence-corrected chi connectivity index (χ3v) is 2.89. The molecule has 0 spiro atoms. The molecule has 0 unspecified atom stereocenters. The number of hydrogen-bond acceptors (Lipinski definition) is 3. The Morgan fingerprint density at radius 1 is 1.33 bits per heavy atom. The molecule has 0 amide bonds. The highest BCUT2D eigenvalue weighted by molar-refractivity contribution is 9.10. The highest BCUT2D eigenvalue weighted by Crippen LogP contribution is 2.23. The molecule has 0 saturated heterocycles. The molecule has 5 heteroatoms. The molecule has 0 aliphatic rings. The van der Waals surface area contributed by atoms with E-state index in [-0.39, 0.29) is 0 Å². The van der Waals surface area contributed by atoms with Crippen molar-refractivity contribution in [1.82, 2.24) is 4.98 Å². The van der Waals surface area contributed by atoms with Crippen molar-refractivity contribution >= 4 is 27.5 Å². The molecule has 1 aromatic heterocycles.